The minimum Gasteiger partial charge on any atom is -0.454 e. The third-order valence-corrected chi connectivity index (χ3v) is 1.65. The second-order valence-electron chi connectivity index (χ2n) is 2.45. The largest absolute Gasteiger partial charge is 0.454 e. The second-order valence-corrected chi connectivity index (χ2v) is 2.45. The van der Waals surface area contributed by atoms with E-state index < -0.39 is 0 Å². The van der Waals surface area contributed by atoms with Crippen LogP contribution in [0.3, 0.4) is 0 Å². The lowest BCUT2D eigenvalue weighted by molar-refractivity contribution is 0.174. The van der Waals surface area contributed by atoms with Gasteiger partial charge in [0, 0.05) is 6.07 Å². The van der Waals surface area contributed by atoms with Crippen molar-refractivity contribution in [1.29, 1.82) is 0 Å². The number of ether oxygens (including phenoxy) is 2. The molecule has 1 aromatic rings. The first kappa shape index (κ1) is 6.46. The fourth-order valence-electron chi connectivity index (χ4n) is 1.02. The molecular weight excluding hydrogens is 147 g/mol. The lowest BCUT2D eigenvalue weighted by Crippen LogP contribution is -1.92. The van der Waals surface area contributed by atoms with E-state index in [2.05, 4.69) is 0 Å². The summed E-state index contributed by atoms with van der Waals surface area (Å²) >= 11 is 0. The van der Waals surface area contributed by atoms with Crippen LogP contribution in [0.1, 0.15) is 5.56 Å². The van der Waals surface area contributed by atoms with Crippen molar-refractivity contribution in [2.24, 2.45) is 0 Å². The molecule has 11 heavy (non-hydrogen) atoms. The van der Waals surface area contributed by atoms with Crippen molar-refractivity contribution >= 4 is 0 Å². The molecule has 1 aliphatic heterocycles. The van der Waals surface area contributed by atoms with E-state index in [4.69, 9.17) is 9.47 Å². The Hall–Kier alpha value is -1.25. The predicted octanol–water partition coefficient (Wildman–Crippen LogP) is 1.86. The third-order valence-electron chi connectivity index (χ3n) is 1.65. The van der Waals surface area contributed by atoms with E-state index in [-0.39, 0.29) is 12.6 Å². The normalized spacial score (nSPS) is 13.6. The Labute approximate surface area is 63.5 Å². The van der Waals surface area contributed by atoms with Crippen molar-refractivity contribution in [3.8, 4) is 11.5 Å². The van der Waals surface area contributed by atoms with Crippen molar-refractivity contribution in [1.82, 2.24) is 0 Å². The SMILES string of the molecule is Cc1cc2c(cc1F)OCO2. The Balaban J connectivity index is 2.57. The Morgan fingerprint density at radius 1 is 1.27 bits per heavy atom. The monoisotopic (exact) mass is 154 g/mol. The molecule has 0 saturated carbocycles. The van der Waals surface area contributed by atoms with E-state index >= 15 is 0 Å². The highest BCUT2D eigenvalue weighted by atomic mass is 19.1. The Morgan fingerprint density at radius 3 is 2.64 bits per heavy atom. The summed E-state index contributed by atoms with van der Waals surface area (Å²) in [5.74, 6) is 0.867. The molecule has 58 valence electrons. The van der Waals surface area contributed by atoms with Gasteiger partial charge in [0.2, 0.25) is 6.79 Å². The zero-order valence-corrected chi connectivity index (χ0v) is 6.06. The van der Waals surface area contributed by atoms with Gasteiger partial charge in [0.25, 0.3) is 0 Å². The van der Waals surface area contributed by atoms with Crippen molar-refractivity contribution in [3.05, 3.63) is 23.5 Å². The molecule has 0 unspecified atom stereocenters. The molecule has 2 nitrogen and oxygen atoms in total. The van der Waals surface area contributed by atoms with Gasteiger partial charge in [0.15, 0.2) is 11.5 Å². The van der Waals surface area contributed by atoms with Gasteiger partial charge in [-0.1, -0.05) is 0 Å². The van der Waals surface area contributed by atoms with Gasteiger partial charge in [-0.3, -0.25) is 0 Å². The minimum absolute atomic E-state index is 0.193. The van der Waals surface area contributed by atoms with Gasteiger partial charge in [-0.25, -0.2) is 4.39 Å². The van der Waals surface area contributed by atoms with Crippen LogP contribution < -0.4 is 9.47 Å². The molecule has 0 aromatic heterocycles. The van der Waals surface area contributed by atoms with Crippen LogP contribution in [0.5, 0.6) is 11.5 Å². The number of hydrogen-bond donors (Lipinski definition) is 0. The van der Waals surface area contributed by atoms with Crippen molar-refractivity contribution in [2.45, 2.75) is 6.92 Å². The zero-order valence-electron chi connectivity index (χ0n) is 6.06. The number of aryl methyl sites for hydroxylation is 1. The summed E-state index contributed by atoms with van der Waals surface area (Å²) in [6.45, 7) is 1.88. The van der Waals surface area contributed by atoms with Crippen LogP contribution in [-0.4, -0.2) is 6.79 Å². The van der Waals surface area contributed by atoms with Gasteiger partial charge in [-0.05, 0) is 18.6 Å². The molecule has 3 heteroatoms. The fourth-order valence-corrected chi connectivity index (χ4v) is 1.02. The van der Waals surface area contributed by atoms with Crippen LogP contribution in [0.15, 0.2) is 12.1 Å². The molecule has 0 bridgehead atoms. The highest BCUT2D eigenvalue weighted by Gasteiger charge is 2.14. The van der Waals surface area contributed by atoms with E-state index in [0.717, 1.165) is 0 Å². The summed E-state index contributed by atoms with van der Waals surface area (Å²) in [6.07, 6.45) is 0. The standard InChI is InChI=1S/C8H7FO2/c1-5-2-7-8(3-6(5)9)11-4-10-7/h2-3H,4H2,1H3. The average Bonchev–Trinajstić information content (AvgIpc) is 2.36. The van der Waals surface area contributed by atoms with Gasteiger partial charge >= 0.3 is 0 Å². The topological polar surface area (TPSA) is 18.5 Å². The van der Waals surface area contributed by atoms with Crippen LogP contribution in [0.2, 0.25) is 0 Å². The summed E-state index contributed by atoms with van der Waals surface area (Å²) in [7, 11) is 0. The summed E-state index contributed by atoms with van der Waals surface area (Å²) < 4.78 is 22.9. The molecule has 0 amide bonds. The number of rotatable bonds is 0. The zero-order chi connectivity index (χ0) is 7.84. The first-order valence-corrected chi connectivity index (χ1v) is 3.33. The fraction of sp³-hybridized carbons (Fsp3) is 0.250. The molecular formula is C8H7FO2. The maximum Gasteiger partial charge on any atom is 0.231 e. The molecule has 1 aromatic carbocycles. The van der Waals surface area contributed by atoms with E-state index in [9.17, 15) is 4.39 Å². The van der Waals surface area contributed by atoms with Crippen LogP contribution in [0, 0.1) is 12.7 Å². The molecule has 0 spiro atoms. The van der Waals surface area contributed by atoms with Gasteiger partial charge in [0.1, 0.15) is 5.82 Å². The van der Waals surface area contributed by atoms with Gasteiger partial charge in [-0.2, -0.15) is 0 Å². The Morgan fingerprint density at radius 2 is 1.91 bits per heavy atom. The van der Waals surface area contributed by atoms with Gasteiger partial charge in [0.05, 0.1) is 0 Å². The van der Waals surface area contributed by atoms with Crippen molar-refractivity contribution in [2.75, 3.05) is 6.79 Å². The van der Waals surface area contributed by atoms with Crippen LogP contribution in [0.25, 0.3) is 0 Å². The number of halogens is 1. The number of benzene rings is 1. The highest BCUT2D eigenvalue weighted by molar-refractivity contribution is 5.44. The van der Waals surface area contributed by atoms with E-state index in [1.165, 1.54) is 6.07 Å². The van der Waals surface area contributed by atoms with Crippen LogP contribution in [-0.2, 0) is 0 Å². The van der Waals surface area contributed by atoms with E-state index in [1.54, 1.807) is 13.0 Å². The second kappa shape index (κ2) is 2.12. The molecule has 1 aliphatic rings. The van der Waals surface area contributed by atoms with Gasteiger partial charge < -0.3 is 9.47 Å². The molecule has 0 N–H and O–H groups in total. The molecule has 0 atom stereocenters. The number of hydrogen-bond acceptors (Lipinski definition) is 2. The van der Waals surface area contributed by atoms with E-state index in [1.807, 2.05) is 0 Å². The number of fused-ring (bicyclic) bond motifs is 1. The lowest BCUT2D eigenvalue weighted by Gasteiger charge is -1.97. The maximum atomic E-state index is 12.8. The first-order valence-electron chi connectivity index (χ1n) is 3.33. The Kier molecular flexibility index (Phi) is 1.24. The highest BCUT2D eigenvalue weighted by Crippen LogP contribution is 2.33. The van der Waals surface area contributed by atoms with Crippen LogP contribution in [0.4, 0.5) is 4.39 Å². The predicted molar refractivity (Wildman–Crippen MR) is 37.3 cm³/mol. The molecule has 0 aliphatic carbocycles. The molecule has 0 radical (unpaired) electrons. The minimum atomic E-state index is -0.255. The van der Waals surface area contributed by atoms with Crippen LogP contribution >= 0.6 is 0 Å². The lowest BCUT2D eigenvalue weighted by atomic mass is 10.2. The molecule has 1 heterocycles. The quantitative estimate of drug-likeness (QED) is 0.567. The Bertz CT molecular complexity index is 267. The molecule has 0 saturated heterocycles. The summed E-state index contributed by atoms with van der Waals surface area (Å²) in [6, 6.07) is 2.98. The maximum absolute atomic E-state index is 12.8. The van der Waals surface area contributed by atoms with Crippen molar-refractivity contribution in [3.63, 3.8) is 0 Å². The summed E-state index contributed by atoms with van der Waals surface area (Å²) in [5.41, 5.74) is 0.578. The summed E-state index contributed by atoms with van der Waals surface area (Å²) in [4.78, 5) is 0. The first-order chi connectivity index (χ1) is 5.27. The summed E-state index contributed by atoms with van der Waals surface area (Å²) in [5, 5.41) is 0. The smallest absolute Gasteiger partial charge is 0.231 e. The van der Waals surface area contributed by atoms with Gasteiger partial charge in [-0.15, -0.1) is 0 Å². The molecule has 0 fully saturated rings. The van der Waals surface area contributed by atoms with E-state index in [0.29, 0.717) is 17.1 Å². The average molecular weight is 154 g/mol. The van der Waals surface area contributed by atoms with Crippen molar-refractivity contribution < 1.29 is 13.9 Å². The third kappa shape index (κ3) is 0.926. The molecule has 2 rings (SSSR count).